The average molecular weight is 306 g/mol. The summed E-state index contributed by atoms with van der Waals surface area (Å²) in [6.07, 6.45) is 0.798. The Kier molecular flexibility index (Phi) is 4.80. The van der Waals surface area contributed by atoms with E-state index in [2.05, 4.69) is 10.3 Å². The van der Waals surface area contributed by atoms with Gasteiger partial charge in [0.05, 0.1) is 12.7 Å². The van der Waals surface area contributed by atoms with Gasteiger partial charge in [-0.2, -0.15) is 0 Å². The Morgan fingerprint density at radius 3 is 2.76 bits per heavy atom. The topological polar surface area (TPSA) is 71.2 Å². The third kappa shape index (κ3) is 3.33. The van der Waals surface area contributed by atoms with Crippen LogP contribution >= 0.6 is 11.3 Å². The lowest BCUT2D eigenvalue weighted by Gasteiger charge is -2.04. The Bertz CT molecular complexity index is 644. The van der Waals surface area contributed by atoms with Gasteiger partial charge in [0.15, 0.2) is 0 Å². The van der Waals surface area contributed by atoms with Gasteiger partial charge in [0.1, 0.15) is 5.69 Å². The van der Waals surface area contributed by atoms with Crippen molar-refractivity contribution >= 4 is 23.2 Å². The number of aromatic nitrogens is 1. The van der Waals surface area contributed by atoms with Gasteiger partial charge in [-0.1, -0.05) is 6.07 Å². The lowest BCUT2D eigenvalue weighted by atomic mass is 10.1. The van der Waals surface area contributed by atoms with E-state index in [1.54, 1.807) is 25.2 Å². The molecule has 0 fully saturated rings. The summed E-state index contributed by atoms with van der Waals surface area (Å²) in [6, 6.07) is 4.03. The van der Waals surface area contributed by atoms with Gasteiger partial charge in [-0.3, -0.25) is 4.79 Å². The van der Waals surface area contributed by atoms with Gasteiger partial charge >= 0.3 is 5.97 Å². The third-order valence-corrected chi connectivity index (χ3v) is 4.23. The molecule has 0 radical (unpaired) electrons. The molecule has 0 aliphatic heterocycles. The summed E-state index contributed by atoms with van der Waals surface area (Å²) in [7, 11) is 1.33. The largest absolute Gasteiger partial charge is 0.465 e. The minimum absolute atomic E-state index is 0.206. The number of esters is 1. The maximum absolute atomic E-state index is 12.2. The van der Waals surface area contributed by atoms with E-state index >= 15 is 0 Å². The molecule has 2 aromatic heterocycles. The number of rotatable bonds is 5. The van der Waals surface area contributed by atoms with Crippen LogP contribution in [0.2, 0.25) is 0 Å². The Morgan fingerprint density at radius 2 is 2.14 bits per heavy atom. The van der Waals surface area contributed by atoms with Crippen molar-refractivity contribution in [3.8, 4) is 0 Å². The van der Waals surface area contributed by atoms with E-state index in [-0.39, 0.29) is 5.91 Å². The molecule has 0 spiro atoms. The molecule has 2 aromatic rings. The zero-order valence-electron chi connectivity index (χ0n) is 12.3. The van der Waals surface area contributed by atoms with E-state index in [0.29, 0.717) is 29.1 Å². The van der Waals surface area contributed by atoms with Crippen molar-refractivity contribution in [2.45, 2.75) is 20.3 Å². The second-order valence-electron chi connectivity index (χ2n) is 4.70. The van der Waals surface area contributed by atoms with Gasteiger partial charge in [0.2, 0.25) is 0 Å². The molecule has 2 rings (SSSR count). The van der Waals surface area contributed by atoms with E-state index in [0.717, 1.165) is 6.42 Å². The number of nitrogens with one attached hydrogen (secondary N) is 2. The highest BCUT2D eigenvalue weighted by Gasteiger charge is 2.22. The van der Waals surface area contributed by atoms with E-state index in [4.69, 9.17) is 4.74 Å². The first-order valence-electron chi connectivity index (χ1n) is 6.62. The summed E-state index contributed by atoms with van der Waals surface area (Å²) in [4.78, 5) is 28.1. The molecule has 0 saturated heterocycles. The molecule has 0 unspecified atom stereocenters. The zero-order chi connectivity index (χ0) is 15.4. The van der Waals surface area contributed by atoms with Crippen molar-refractivity contribution < 1.29 is 14.3 Å². The number of methoxy groups -OCH3 is 1. The molecule has 0 aliphatic rings. The smallest absolute Gasteiger partial charge is 0.339 e. The van der Waals surface area contributed by atoms with Gasteiger partial charge in [0, 0.05) is 17.1 Å². The number of carbonyl (C=O) groups is 2. The van der Waals surface area contributed by atoms with Crippen molar-refractivity contribution in [2.24, 2.45) is 0 Å². The van der Waals surface area contributed by atoms with Gasteiger partial charge in [-0.05, 0) is 37.3 Å². The third-order valence-electron chi connectivity index (χ3n) is 3.29. The quantitative estimate of drug-likeness (QED) is 0.834. The van der Waals surface area contributed by atoms with Crippen molar-refractivity contribution in [3.63, 3.8) is 0 Å². The van der Waals surface area contributed by atoms with Gasteiger partial charge < -0.3 is 15.0 Å². The first-order chi connectivity index (χ1) is 10.0. The lowest BCUT2D eigenvalue weighted by molar-refractivity contribution is 0.0599. The standard InChI is InChI=1S/C15H18N2O3S/c1-9-12(15(19)20-3)10(2)17-13(9)14(18)16-7-6-11-5-4-8-21-11/h4-5,8,17H,6-7H2,1-3H3,(H,16,18). The molecule has 112 valence electrons. The molecular formula is C15H18N2O3S. The summed E-state index contributed by atoms with van der Waals surface area (Å²) < 4.78 is 4.73. The fourth-order valence-corrected chi connectivity index (χ4v) is 2.94. The first-order valence-corrected chi connectivity index (χ1v) is 7.50. The normalized spacial score (nSPS) is 10.4. The molecule has 0 saturated carbocycles. The van der Waals surface area contributed by atoms with Crippen molar-refractivity contribution in [1.29, 1.82) is 0 Å². The highest BCUT2D eigenvalue weighted by Crippen LogP contribution is 2.18. The molecular weight excluding hydrogens is 288 g/mol. The fraction of sp³-hybridized carbons (Fsp3) is 0.333. The van der Waals surface area contributed by atoms with Crippen LogP contribution < -0.4 is 5.32 Å². The van der Waals surface area contributed by atoms with Crippen molar-refractivity contribution in [3.05, 3.63) is 44.9 Å². The van der Waals surface area contributed by atoms with E-state index in [1.807, 2.05) is 17.5 Å². The highest BCUT2D eigenvalue weighted by molar-refractivity contribution is 7.09. The molecule has 1 amide bonds. The molecule has 0 bridgehead atoms. The Labute approximate surface area is 127 Å². The average Bonchev–Trinajstić information content (AvgIpc) is 3.06. The summed E-state index contributed by atoms with van der Waals surface area (Å²) in [5.41, 5.74) is 2.11. The number of amides is 1. The number of hydrogen-bond acceptors (Lipinski definition) is 4. The van der Waals surface area contributed by atoms with Crippen LogP contribution in [0.4, 0.5) is 0 Å². The molecule has 0 aliphatic carbocycles. The number of aryl methyl sites for hydroxylation is 1. The summed E-state index contributed by atoms with van der Waals surface area (Å²) in [5, 5.41) is 4.87. The molecule has 2 N–H and O–H groups in total. The van der Waals surface area contributed by atoms with Crippen LogP contribution in [0, 0.1) is 13.8 Å². The van der Waals surface area contributed by atoms with Gasteiger partial charge in [-0.15, -0.1) is 11.3 Å². The summed E-state index contributed by atoms with van der Waals surface area (Å²) >= 11 is 1.67. The van der Waals surface area contributed by atoms with Crippen molar-refractivity contribution in [1.82, 2.24) is 10.3 Å². The Morgan fingerprint density at radius 1 is 1.38 bits per heavy atom. The maximum Gasteiger partial charge on any atom is 0.339 e. The van der Waals surface area contributed by atoms with Crippen LogP contribution in [0.15, 0.2) is 17.5 Å². The molecule has 0 atom stereocenters. The number of ether oxygens (including phenoxy) is 1. The molecule has 21 heavy (non-hydrogen) atoms. The number of thiophene rings is 1. The van der Waals surface area contributed by atoms with E-state index in [1.165, 1.54) is 12.0 Å². The second kappa shape index (κ2) is 6.58. The Hall–Kier alpha value is -2.08. The Balaban J connectivity index is 2.04. The SMILES string of the molecule is COC(=O)c1c(C)[nH]c(C(=O)NCCc2cccs2)c1C. The van der Waals surface area contributed by atoms with Crippen LogP contribution in [0.3, 0.4) is 0 Å². The van der Waals surface area contributed by atoms with Crippen molar-refractivity contribution in [2.75, 3.05) is 13.7 Å². The fourth-order valence-electron chi connectivity index (χ4n) is 2.23. The number of aromatic amines is 1. The van der Waals surface area contributed by atoms with Gasteiger partial charge in [0.25, 0.3) is 5.91 Å². The zero-order valence-corrected chi connectivity index (χ0v) is 13.1. The van der Waals surface area contributed by atoms with Gasteiger partial charge in [-0.25, -0.2) is 4.79 Å². The molecule has 6 heteroatoms. The van der Waals surface area contributed by atoms with E-state index < -0.39 is 5.97 Å². The summed E-state index contributed by atoms with van der Waals surface area (Å²) in [6.45, 7) is 4.05. The minimum Gasteiger partial charge on any atom is -0.465 e. The lowest BCUT2D eigenvalue weighted by Crippen LogP contribution is -2.26. The summed E-state index contributed by atoms with van der Waals surface area (Å²) in [5.74, 6) is -0.638. The molecule has 0 aromatic carbocycles. The number of carbonyl (C=O) groups excluding carboxylic acids is 2. The predicted molar refractivity (Wildman–Crippen MR) is 82.0 cm³/mol. The van der Waals surface area contributed by atoms with E-state index in [9.17, 15) is 9.59 Å². The van der Waals surface area contributed by atoms with Crippen LogP contribution in [0.25, 0.3) is 0 Å². The number of hydrogen-bond donors (Lipinski definition) is 2. The predicted octanol–water partition coefficient (Wildman–Crippen LogP) is 2.45. The monoisotopic (exact) mass is 306 g/mol. The van der Waals surface area contributed by atoms with Crippen LogP contribution in [0.5, 0.6) is 0 Å². The molecule has 5 nitrogen and oxygen atoms in total. The first kappa shape index (κ1) is 15.3. The van der Waals surface area contributed by atoms with Crippen LogP contribution in [-0.4, -0.2) is 30.5 Å². The number of H-pyrrole nitrogens is 1. The highest BCUT2D eigenvalue weighted by atomic mass is 32.1. The minimum atomic E-state index is -0.432. The second-order valence-corrected chi connectivity index (χ2v) is 5.73. The van der Waals surface area contributed by atoms with Crippen LogP contribution in [-0.2, 0) is 11.2 Å². The maximum atomic E-state index is 12.2. The van der Waals surface area contributed by atoms with Crippen LogP contribution in [0.1, 0.15) is 37.0 Å². The molecule has 2 heterocycles.